The van der Waals surface area contributed by atoms with Gasteiger partial charge in [0.15, 0.2) is 11.7 Å². The first-order chi connectivity index (χ1) is 15.1. The smallest absolute Gasteiger partial charge is 0.220 e. The molecule has 1 saturated heterocycles. The minimum absolute atomic E-state index is 0.0188. The third-order valence-electron chi connectivity index (χ3n) is 6.74. The van der Waals surface area contributed by atoms with E-state index in [4.69, 9.17) is 4.42 Å². The van der Waals surface area contributed by atoms with Crippen molar-refractivity contribution >= 4 is 5.91 Å². The van der Waals surface area contributed by atoms with Gasteiger partial charge in [-0.3, -0.25) is 9.69 Å². The van der Waals surface area contributed by atoms with Gasteiger partial charge in [-0.05, 0) is 50.9 Å². The number of hydrogen-bond acceptors (Lipinski definition) is 4. The maximum absolute atomic E-state index is 13.9. The summed E-state index contributed by atoms with van der Waals surface area (Å²) < 4.78 is 32.6. The molecule has 0 unspecified atom stereocenters. The summed E-state index contributed by atoms with van der Waals surface area (Å²) >= 11 is 0. The number of carbonyl (C=O) groups excluding carboxylic acids is 1. The molecule has 1 aromatic heterocycles. The van der Waals surface area contributed by atoms with Crippen LogP contribution in [0.2, 0.25) is 0 Å². The Morgan fingerprint density at radius 1 is 1.10 bits per heavy atom. The van der Waals surface area contributed by atoms with Gasteiger partial charge in [0.1, 0.15) is 11.6 Å². The van der Waals surface area contributed by atoms with Gasteiger partial charge >= 0.3 is 0 Å². The Balaban J connectivity index is 1.31. The van der Waals surface area contributed by atoms with Crippen molar-refractivity contribution in [1.82, 2.24) is 15.2 Å². The fourth-order valence-electron chi connectivity index (χ4n) is 4.99. The molecule has 0 spiro atoms. The first-order valence-electron chi connectivity index (χ1n) is 11.5. The highest BCUT2D eigenvalue weighted by Crippen LogP contribution is 2.35. The average Bonchev–Trinajstić information content (AvgIpc) is 3.26. The molecule has 2 aromatic rings. The third kappa shape index (κ3) is 5.32. The Hall–Kier alpha value is -2.28. The Morgan fingerprint density at radius 2 is 1.84 bits per heavy atom. The highest BCUT2D eigenvalue weighted by atomic mass is 19.1. The molecule has 1 amide bonds. The third-order valence-corrected chi connectivity index (χ3v) is 6.74. The van der Waals surface area contributed by atoms with Crippen LogP contribution in [0.25, 0.3) is 11.3 Å². The van der Waals surface area contributed by atoms with E-state index in [2.05, 4.69) is 15.2 Å². The summed E-state index contributed by atoms with van der Waals surface area (Å²) in [6, 6.07) is 3.32. The molecule has 0 atom stereocenters. The molecule has 1 aromatic carbocycles. The van der Waals surface area contributed by atoms with Crippen molar-refractivity contribution in [2.45, 2.75) is 69.7 Å². The fourth-order valence-corrected chi connectivity index (χ4v) is 4.99. The summed E-state index contributed by atoms with van der Waals surface area (Å²) in [5.41, 5.74) is 0.259. The molecule has 0 bridgehead atoms. The largest absolute Gasteiger partial charge is 0.441 e. The SMILES string of the molecule is O=C(CCc1ncc(-c2ccc(F)cc2F)o1)NCC1(N2CCCCC2)CCCCC1. The molecule has 168 valence electrons. The molecule has 7 heteroatoms. The zero-order chi connectivity index (χ0) is 21.7. The van der Waals surface area contributed by atoms with Crippen LogP contribution in [0.3, 0.4) is 0 Å². The van der Waals surface area contributed by atoms with Gasteiger partial charge in [0, 0.05) is 31.0 Å². The minimum atomic E-state index is -0.698. The molecule has 4 rings (SSSR count). The summed E-state index contributed by atoms with van der Waals surface area (Å²) in [5, 5.41) is 3.16. The van der Waals surface area contributed by atoms with Crippen LogP contribution in [0.1, 0.15) is 63.7 Å². The van der Waals surface area contributed by atoms with E-state index in [1.165, 1.54) is 56.9 Å². The van der Waals surface area contributed by atoms with Crippen LogP contribution in [-0.2, 0) is 11.2 Å². The zero-order valence-corrected chi connectivity index (χ0v) is 18.0. The van der Waals surface area contributed by atoms with Gasteiger partial charge in [-0.15, -0.1) is 0 Å². The lowest BCUT2D eigenvalue weighted by Gasteiger charge is -2.48. The number of nitrogens with zero attached hydrogens (tertiary/aromatic N) is 2. The molecule has 1 aliphatic heterocycles. The summed E-state index contributed by atoms with van der Waals surface area (Å²) in [6.45, 7) is 2.97. The van der Waals surface area contributed by atoms with Gasteiger partial charge in [0.25, 0.3) is 0 Å². The van der Waals surface area contributed by atoms with E-state index in [0.717, 1.165) is 32.0 Å². The molecule has 1 aliphatic carbocycles. The first kappa shape index (κ1) is 21.9. The van der Waals surface area contributed by atoms with E-state index in [9.17, 15) is 13.6 Å². The van der Waals surface area contributed by atoms with Gasteiger partial charge in [-0.2, -0.15) is 0 Å². The Morgan fingerprint density at radius 3 is 2.58 bits per heavy atom. The van der Waals surface area contributed by atoms with E-state index < -0.39 is 11.6 Å². The number of nitrogens with one attached hydrogen (secondary N) is 1. The predicted molar refractivity (Wildman–Crippen MR) is 114 cm³/mol. The Bertz CT molecular complexity index is 887. The van der Waals surface area contributed by atoms with E-state index >= 15 is 0 Å². The van der Waals surface area contributed by atoms with Crippen molar-refractivity contribution in [1.29, 1.82) is 0 Å². The van der Waals surface area contributed by atoms with Crippen molar-refractivity contribution in [3.8, 4) is 11.3 Å². The van der Waals surface area contributed by atoms with E-state index in [1.54, 1.807) is 0 Å². The molecule has 2 fully saturated rings. The molecule has 1 N–H and O–H groups in total. The number of aromatic nitrogens is 1. The number of likely N-dealkylation sites (tertiary alicyclic amines) is 1. The first-order valence-corrected chi connectivity index (χ1v) is 11.5. The second-order valence-electron chi connectivity index (χ2n) is 8.85. The average molecular weight is 432 g/mol. The highest BCUT2D eigenvalue weighted by Gasteiger charge is 2.38. The van der Waals surface area contributed by atoms with Gasteiger partial charge in [-0.1, -0.05) is 25.7 Å². The molecule has 31 heavy (non-hydrogen) atoms. The Labute approximate surface area is 182 Å². The van der Waals surface area contributed by atoms with Gasteiger partial charge < -0.3 is 9.73 Å². The number of carbonyl (C=O) groups is 1. The molecule has 0 radical (unpaired) electrons. The van der Waals surface area contributed by atoms with E-state index in [-0.39, 0.29) is 29.2 Å². The quantitative estimate of drug-likeness (QED) is 0.680. The number of rotatable bonds is 7. The predicted octanol–water partition coefficient (Wildman–Crippen LogP) is 4.86. The topological polar surface area (TPSA) is 58.4 Å². The van der Waals surface area contributed by atoms with Crippen molar-refractivity contribution in [2.75, 3.05) is 19.6 Å². The van der Waals surface area contributed by atoms with Crippen LogP contribution in [0.15, 0.2) is 28.8 Å². The molecular weight excluding hydrogens is 400 g/mol. The zero-order valence-electron chi connectivity index (χ0n) is 18.0. The number of halogens is 2. The van der Waals surface area contributed by atoms with Crippen LogP contribution in [0, 0.1) is 11.6 Å². The van der Waals surface area contributed by atoms with Crippen LogP contribution in [0.5, 0.6) is 0 Å². The van der Waals surface area contributed by atoms with Crippen molar-refractivity contribution in [2.24, 2.45) is 0 Å². The van der Waals surface area contributed by atoms with Crippen LogP contribution >= 0.6 is 0 Å². The second-order valence-corrected chi connectivity index (χ2v) is 8.85. The van der Waals surface area contributed by atoms with Gasteiger partial charge in [-0.25, -0.2) is 13.8 Å². The van der Waals surface area contributed by atoms with Crippen molar-refractivity contribution in [3.63, 3.8) is 0 Å². The lowest BCUT2D eigenvalue weighted by molar-refractivity contribution is -0.122. The summed E-state index contributed by atoms with van der Waals surface area (Å²) in [6.07, 6.45) is 11.9. The van der Waals surface area contributed by atoms with Crippen molar-refractivity contribution < 1.29 is 18.0 Å². The molecule has 5 nitrogen and oxygen atoms in total. The minimum Gasteiger partial charge on any atom is -0.441 e. The number of aryl methyl sites for hydroxylation is 1. The highest BCUT2D eigenvalue weighted by molar-refractivity contribution is 5.76. The molecule has 2 aliphatic rings. The van der Waals surface area contributed by atoms with Crippen LogP contribution in [0.4, 0.5) is 8.78 Å². The molecular formula is C24H31F2N3O2. The standard InChI is InChI=1S/C24H31F2N3O2/c25-18-7-8-19(20(26)15-18)21-16-27-23(31-21)10-9-22(30)28-17-24(11-3-1-4-12-24)29-13-5-2-6-14-29/h7-8,15-16H,1-6,9-14,17H2,(H,28,30). The summed E-state index contributed by atoms with van der Waals surface area (Å²) in [4.78, 5) is 19.3. The Kier molecular flexibility index (Phi) is 7.00. The maximum Gasteiger partial charge on any atom is 0.220 e. The lowest BCUT2D eigenvalue weighted by atomic mass is 9.79. The second kappa shape index (κ2) is 9.90. The van der Waals surface area contributed by atoms with Gasteiger partial charge in [0.05, 0.1) is 11.8 Å². The summed E-state index contributed by atoms with van der Waals surface area (Å²) in [5.74, 6) is -0.750. The molecule has 2 heterocycles. The number of benzene rings is 1. The molecule has 1 saturated carbocycles. The maximum atomic E-state index is 13.9. The van der Waals surface area contributed by atoms with Crippen LogP contribution < -0.4 is 5.32 Å². The summed E-state index contributed by atoms with van der Waals surface area (Å²) in [7, 11) is 0. The number of oxazole rings is 1. The monoisotopic (exact) mass is 431 g/mol. The fraction of sp³-hybridized carbons (Fsp3) is 0.583. The van der Waals surface area contributed by atoms with E-state index in [1.807, 2.05) is 0 Å². The number of hydrogen-bond donors (Lipinski definition) is 1. The lowest BCUT2D eigenvalue weighted by Crippen LogP contribution is -2.58. The van der Waals surface area contributed by atoms with Gasteiger partial charge in [0.2, 0.25) is 5.91 Å². The normalized spacial score (nSPS) is 19.3. The number of amides is 1. The van der Waals surface area contributed by atoms with Crippen LogP contribution in [-0.4, -0.2) is 41.0 Å². The number of piperidine rings is 1. The van der Waals surface area contributed by atoms with E-state index in [0.29, 0.717) is 18.9 Å². The van der Waals surface area contributed by atoms with Crippen molar-refractivity contribution in [3.05, 3.63) is 41.9 Å².